The summed E-state index contributed by atoms with van der Waals surface area (Å²) in [4.78, 5) is 22.4. The van der Waals surface area contributed by atoms with Gasteiger partial charge in [-0.05, 0) is 49.7 Å². The Hall–Kier alpha value is -2.40. The van der Waals surface area contributed by atoms with Crippen molar-refractivity contribution in [3.05, 3.63) is 57.6 Å². The van der Waals surface area contributed by atoms with E-state index in [1.807, 2.05) is 13.8 Å². The van der Waals surface area contributed by atoms with E-state index in [1.54, 1.807) is 38.1 Å². The van der Waals surface area contributed by atoms with Crippen LogP contribution in [-0.4, -0.2) is 22.2 Å². The molecule has 0 fully saturated rings. The summed E-state index contributed by atoms with van der Waals surface area (Å²) in [6.07, 6.45) is 16.6. The predicted molar refractivity (Wildman–Crippen MR) is 168 cm³/mol. The van der Waals surface area contributed by atoms with Crippen molar-refractivity contribution in [2.45, 2.75) is 143 Å². The van der Waals surface area contributed by atoms with Crippen LogP contribution in [0.4, 0.5) is 0 Å². The fourth-order valence-electron chi connectivity index (χ4n) is 5.47. The molecule has 2 aromatic carbocycles. The van der Waals surface area contributed by atoms with E-state index in [4.69, 9.17) is 10.2 Å². The van der Waals surface area contributed by atoms with E-state index in [9.17, 15) is 19.8 Å². The first-order valence-electron chi connectivity index (χ1n) is 16.0. The second-order valence-electron chi connectivity index (χ2n) is 11.9. The summed E-state index contributed by atoms with van der Waals surface area (Å²) in [5.74, 6) is -2.59. The molecule has 0 aliphatic rings. The second-order valence-corrected chi connectivity index (χ2v) is 11.9. The summed E-state index contributed by atoms with van der Waals surface area (Å²) >= 11 is 0. The molecule has 0 aromatic heterocycles. The van der Waals surface area contributed by atoms with Crippen molar-refractivity contribution in [2.24, 2.45) is 0 Å². The van der Waals surface area contributed by atoms with E-state index in [-0.39, 0.29) is 53.9 Å². The quantitative estimate of drug-likeness (QED) is 0.123. The average Bonchev–Trinajstić information content (AvgIpc) is 2.92. The molecule has 0 saturated heterocycles. The first-order chi connectivity index (χ1) is 20.0. The molecule has 0 saturated carbocycles. The maximum atomic E-state index is 12.3. The van der Waals surface area contributed by atoms with E-state index in [0.717, 1.165) is 25.7 Å². The van der Waals surface area contributed by atoms with E-state index in [1.165, 1.54) is 64.2 Å². The molecule has 6 nitrogen and oxygen atoms in total. The third-order valence-corrected chi connectivity index (χ3v) is 8.26. The maximum Gasteiger partial charge on any atom is 2.00 e. The average molecular weight is 648 g/mol. The second kappa shape index (κ2) is 22.2. The number of aromatic carboxylic acids is 2. The number of carboxylic acids is 2. The molecule has 43 heavy (non-hydrogen) atoms. The van der Waals surface area contributed by atoms with Crippen LogP contribution in [0.15, 0.2) is 24.3 Å². The van der Waals surface area contributed by atoms with Gasteiger partial charge in [0.1, 0.15) is 0 Å². The molecule has 2 unspecified atom stereocenters. The van der Waals surface area contributed by atoms with E-state index in [0.29, 0.717) is 22.3 Å². The Morgan fingerprint density at radius 1 is 0.605 bits per heavy atom. The fourth-order valence-corrected chi connectivity index (χ4v) is 5.47. The summed E-state index contributed by atoms with van der Waals surface area (Å²) in [5.41, 5.74) is 2.24. The molecule has 236 valence electrons. The predicted octanol–water partition coefficient (Wildman–Crippen LogP) is 9.24. The first kappa shape index (κ1) is 40.6. The van der Waals surface area contributed by atoms with Crippen LogP contribution in [0, 0.1) is 13.8 Å². The van der Waals surface area contributed by atoms with Gasteiger partial charge in [-0.25, -0.2) is 9.59 Å². The number of carbonyl (C=O) groups is 2. The Balaban J connectivity index is 0.000000802. The van der Waals surface area contributed by atoms with Crippen LogP contribution in [0.2, 0.25) is 0 Å². The van der Waals surface area contributed by atoms with Gasteiger partial charge in [0.15, 0.2) is 0 Å². The number of unbranched alkanes of at least 4 members (excludes halogenated alkanes) is 10. The topological polar surface area (TPSA) is 121 Å². The zero-order valence-corrected chi connectivity index (χ0v) is 30.6. The smallest absolute Gasteiger partial charge is 0.872 e. The van der Waals surface area contributed by atoms with Gasteiger partial charge in [-0.2, -0.15) is 0 Å². The Morgan fingerprint density at radius 2 is 0.907 bits per heavy atom. The van der Waals surface area contributed by atoms with Crippen molar-refractivity contribution in [1.29, 1.82) is 0 Å². The minimum Gasteiger partial charge on any atom is -0.872 e. The third kappa shape index (κ3) is 13.8. The van der Waals surface area contributed by atoms with Gasteiger partial charge < -0.3 is 20.4 Å². The molecule has 0 heterocycles. The molecule has 0 aliphatic carbocycles. The van der Waals surface area contributed by atoms with Gasteiger partial charge in [-0.15, -0.1) is 0 Å². The number of hydrogen-bond acceptors (Lipinski definition) is 4. The van der Waals surface area contributed by atoms with Crippen molar-refractivity contribution in [3.63, 3.8) is 0 Å². The molecule has 7 heteroatoms. The SMILES string of the molecule is CCCCCCCCC(C)c1ccc(C)c(C(=O)O)c1[O-].CCCCCCCCC(C)c1ccc(C)c(C(=O)O)c1[O-].[Zn+2]. The maximum absolute atomic E-state index is 12.3. The van der Waals surface area contributed by atoms with Gasteiger partial charge in [-0.1, -0.05) is 152 Å². The van der Waals surface area contributed by atoms with Gasteiger partial charge in [0.25, 0.3) is 0 Å². The minimum atomic E-state index is -1.12. The standard InChI is InChI=1S/2C18H28O3.Zn/c2*1-4-5-6-7-8-9-10-13(2)15-12-11-14(3)16(17(15)19)18(20)21;/h2*11-13,19H,4-10H2,1-3H3,(H,20,21);/q;;+2/p-2. The molecule has 0 radical (unpaired) electrons. The fraction of sp³-hybridized carbons (Fsp3) is 0.611. The van der Waals surface area contributed by atoms with Gasteiger partial charge in [0.2, 0.25) is 0 Å². The zero-order chi connectivity index (χ0) is 31.7. The molecule has 0 aliphatic heterocycles. The first-order valence-corrected chi connectivity index (χ1v) is 16.0. The molecule has 0 bridgehead atoms. The van der Waals surface area contributed by atoms with Gasteiger partial charge in [0, 0.05) is 0 Å². The largest absolute Gasteiger partial charge is 2.00 e. The van der Waals surface area contributed by atoms with Crippen LogP contribution < -0.4 is 10.2 Å². The van der Waals surface area contributed by atoms with Crippen LogP contribution >= 0.6 is 0 Å². The van der Waals surface area contributed by atoms with Gasteiger partial charge in [0.05, 0.1) is 11.1 Å². The molecular weight excluding hydrogens is 594 g/mol. The monoisotopic (exact) mass is 646 g/mol. The number of hydrogen-bond donors (Lipinski definition) is 2. The van der Waals surface area contributed by atoms with Crippen LogP contribution in [0.25, 0.3) is 0 Å². The normalized spacial score (nSPS) is 12.0. The van der Waals surface area contributed by atoms with Gasteiger partial charge in [-0.3, -0.25) is 0 Å². The summed E-state index contributed by atoms with van der Waals surface area (Å²) < 4.78 is 0. The van der Waals surface area contributed by atoms with Crippen molar-refractivity contribution >= 4 is 11.9 Å². The van der Waals surface area contributed by atoms with Crippen LogP contribution in [0.1, 0.15) is 172 Å². The van der Waals surface area contributed by atoms with Crippen LogP contribution in [-0.2, 0) is 19.5 Å². The molecule has 2 atom stereocenters. The van der Waals surface area contributed by atoms with Crippen molar-refractivity contribution in [1.82, 2.24) is 0 Å². The number of benzene rings is 2. The van der Waals surface area contributed by atoms with E-state index in [2.05, 4.69) is 13.8 Å². The minimum absolute atomic E-state index is 0. The Morgan fingerprint density at radius 3 is 1.21 bits per heavy atom. The van der Waals surface area contributed by atoms with Crippen LogP contribution in [0.3, 0.4) is 0 Å². The number of carboxylic acid groups (broad SMARTS) is 2. The Labute approximate surface area is 273 Å². The summed E-state index contributed by atoms with van der Waals surface area (Å²) in [6.45, 7) is 11.8. The Bertz CT molecular complexity index is 1030. The molecule has 2 aromatic rings. The zero-order valence-electron chi connectivity index (χ0n) is 27.6. The molecular formula is C36H54O6Zn. The van der Waals surface area contributed by atoms with Gasteiger partial charge >= 0.3 is 31.4 Å². The molecule has 0 spiro atoms. The van der Waals surface area contributed by atoms with Crippen molar-refractivity contribution in [3.8, 4) is 11.5 Å². The molecule has 2 N–H and O–H groups in total. The van der Waals surface area contributed by atoms with Crippen molar-refractivity contribution < 1.29 is 49.5 Å². The number of aryl methyl sites for hydroxylation is 2. The van der Waals surface area contributed by atoms with E-state index >= 15 is 0 Å². The summed E-state index contributed by atoms with van der Waals surface area (Å²) in [7, 11) is 0. The van der Waals surface area contributed by atoms with Crippen LogP contribution in [0.5, 0.6) is 11.5 Å². The number of rotatable bonds is 18. The van der Waals surface area contributed by atoms with Crippen molar-refractivity contribution in [2.75, 3.05) is 0 Å². The molecule has 0 amide bonds. The molecule has 2 rings (SSSR count). The summed E-state index contributed by atoms with van der Waals surface area (Å²) in [6, 6.07) is 7.09. The van der Waals surface area contributed by atoms with E-state index < -0.39 is 11.9 Å². The summed E-state index contributed by atoms with van der Waals surface area (Å²) in [5, 5.41) is 42.8. The Kier molecular flexibility index (Phi) is 20.9. The third-order valence-electron chi connectivity index (χ3n) is 8.26.